The molecule has 8 nitrogen and oxygen atoms in total. The number of phenols is 1. The summed E-state index contributed by atoms with van der Waals surface area (Å²) in [5.41, 5.74) is 0.280. The Balaban J connectivity index is 3.56. The summed E-state index contributed by atoms with van der Waals surface area (Å²) in [6, 6.07) is 3.32. The van der Waals surface area contributed by atoms with Crippen LogP contribution in [-0.4, -0.2) is 52.6 Å². The number of unbranched alkanes of at least 4 members (excludes halogenated alkanes) is 4. The van der Waals surface area contributed by atoms with Gasteiger partial charge in [-0.2, -0.15) is 0 Å². The van der Waals surface area contributed by atoms with Crippen LogP contribution in [0.1, 0.15) is 111 Å². The van der Waals surface area contributed by atoms with Gasteiger partial charge in [0.15, 0.2) is 0 Å². The molecule has 1 aromatic carbocycles. The summed E-state index contributed by atoms with van der Waals surface area (Å²) in [5.74, 6) is -0.917. The third-order valence-corrected chi connectivity index (χ3v) is 6.64. The number of benzene rings is 1. The van der Waals surface area contributed by atoms with E-state index in [9.17, 15) is 19.5 Å². The Morgan fingerprint density at radius 3 is 2.26 bits per heavy atom. The number of carbonyl (C=O) groups is 3. The molecular formula is C30H51N3O5. The Hall–Kier alpha value is -2.77. The number of aromatic hydroxyl groups is 1. The molecule has 3 N–H and O–H groups in total. The van der Waals surface area contributed by atoms with Crippen LogP contribution >= 0.6 is 0 Å². The summed E-state index contributed by atoms with van der Waals surface area (Å²) < 4.78 is 5.46. The van der Waals surface area contributed by atoms with Crippen molar-refractivity contribution in [3.05, 3.63) is 29.3 Å². The molecule has 0 aliphatic carbocycles. The maximum Gasteiger partial charge on any atom is 0.408 e. The molecule has 1 rings (SSSR count). The zero-order chi connectivity index (χ0) is 28.9. The molecular weight excluding hydrogens is 482 g/mol. The topological polar surface area (TPSA) is 108 Å². The highest BCUT2D eigenvalue weighted by Crippen LogP contribution is 2.33. The molecule has 1 aromatic rings. The fraction of sp³-hybridized carbons (Fsp3) is 0.700. The number of aryl methyl sites for hydroxylation is 1. The standard InChI is InChI=1S/C30H51N3O5/c1-9-12-14-15-20-33(28(36)24(21(4)11-3)32-29(37)38-30(6,7)8)25(27(35)31-19-13-10-2)23-18-16-17-22(5)26(23)34/h16-18,21,24-25,34H,9-15,19-20H2,1-8H3,(H,31,35)(H,32,37). The maximum atomic E-state index is 14.2. The van der Waals surface area contributed by atoms with Crippen molar-refractivity contribution in [1.82, 2.24) is 15.5 Å². The number of para-hydroxylation sites is 1. The summed E-state index contributed by atoms with van der Waals surface area (Å²) >= 11 is 0. The van der Waals surface area contributed by atoms with Gasteiger partial charge in [-0.05, 0) is 52.0 Å². The van der Waals surface area contributed by atoms with Crippen molar-refractivity contribution in [2.45, 2.75) is 118 Å². The molecule has 0 saturated carbocycles. The zero-order valence-corrected chi connectivity index (χ0v) is 24.9. The second kappa shape index (κ2) is 16.2. The average molecular weight is 534 g/mol. The number of nitrogens with one attached hydrogen (secondary N) is 2. The molecule has 3 unspecified atom stereocenters. The maximum absolute atomic E-state index is 14.2. The molecule has 0 saturated heterocycles. The molecule has 0 aliphatic heterocycles. The van der Waals surface area contributed by atoms with Crippen molar-refractivity contribution in [3.63, 3.8) is 0 Å². The van der Waals surface area contributed by atoms with E-state index >= 15 is 0 Å². The van der Waals surface area contributed by atoms with Crippen LogP contribution in [0.2, 0.25) is 0 Å². The predicted octanol–water partition coefficient (Wildman–Crippen LogP) is 6.01. The van der Waals surface area contributed by atoms with E-state index in [-0.39, 0.29) is 23.5 Å². The summed E-state index contributed by atoms with van der Waals surface area (Å²) in [7, 11) is 0. The Morgan fingerprint density at radius 1 is 1.03 bits per heavy atom. The van der Waals surface area contributed by atoms with Crippen molar-refractivity contribution in [2.75, 3.05) is 13.1 Å². The van der Waals surface area contributed by atoms with E-state index in [2.05, 4.69) is 17.6 Å². The molecule has 216 valence electrons. The van der Waals surface area contributed by atoms with Gasteiger partial charge in [0.25, 0.3) is 0 Å². The fourth-order valence-electron chi connectivity index (χ4n) is 4.21. The molecule has 0 aliphatic rings. The number of phenolic OH excluding ortho intramolecular Hbond substituents is 1. The lowest BCUT2D eigenvalue weighted by Gasteiger charge is -2.36. The first kappa shape index (κ1) is 33.3. The van der Waals surface area contributed by atoms with Gasteiger partial charge in [0, 0.05) is 18.7 Å². The smallest absolute Gasteiger partial charge is 0.408 e. The van der Waals surface area contributed by atoms with Gasteiger partial charge < -0.3 is 25.4 Å². The molecule has 38 heavy (non-hydrogen) atoms. The number of hydrogen-bond donors (Lipinski definition) is 3. The first-order valence-electron chi connectivity index (χ1n) is 14.2. The molecule has 0 aromatic heterocycles. The van der Waals surface area contributed by atoms with Gasteiger partial charge in [-0.15, -0.1) is 0 Å². The fourth-order valence-corrected chi connectivity index (χ4v) is 4.21. The highest BCUT2D eigenvalue weighted by atomic mass is 16.6. The lowest BCUT2D eigenvalue weighted by Crippen LogP contribution is -2.55. The van der Waals surface area contributed by atoms with Crippen LogP contribution in [0, 0.1) is 12.8 Å². The molecule has 3 atom stereocenters. The van der Waals surface area contributed by atoms with Crippen LogP contribution in [0.5, 0.6) is 5.75 Å². The van der Waals surface area contributed by atoms with E-state index in [1.807, 2.05) is 20.8 Å². The van der Waals surface area contributed by atoms with E-state index in [4.69, 9.17) is 4.74 Å². The normalized spacial score (nSPS) is 13.8. The molecule has 0 bridgehead atoms. The second-order valence-corrected chi connectivity index (χ2v) is 11.2. The SMILES string of the molecule is CCCCCCN(C(=O)C(NC(=O)OC(C)(C)C)C(C)CC)C(C(=O)NCCCC)c1cccc(C)c1O. The van der Waals surface area contributed by atoms with E-state index in [1.165, 1.54) is 0 Å². The van der Waals surface area contributed by atoms with Crippen LogP contribution in [0.3, 0.4) is 0 Å². The van der Waals surface area contributed by atoms with Crippen LogP contribution in [-0.2, 0) is 14.3 Å². The van der Waals surface area contributed by atoms with Crippen molar-refractivity contribution in [3.8, 4) is 5.75 Å². The van der Waals surface area contributed by atoms with Crippen molar-refractivity contribution < 1.29 is 24.2 Å². The van der Waals surface area contributed by atoms with Gasteiger partial charge in [-0.25, -0.2) is 4.79 Å². The summed E-state index contributed by atoms with van der Waals surface area (Å²) in [6.07, 6.45) is 5.32. The number of rotatable bonds is 15. The molecule has 8 heteroatoms. The zero-order valence-electron chi connectivity index (χ0n) is 24.9. The van der Waals surface area contributed by atoms with E-state index in [0.29, 0.717) is 37.1 Å². The molecule has 0 spiro atoms. The van der Waals surface area contributed by atoms with Gasteiger partial charge in [0.2, 0.25) is 11.8 Å². The quantitative estimate of drug-likeness (QED) is 0.239. The summed E-state index contributed by atoms with van der Waals surface area (Å²) in [6.45, 7) is 15.9. The molecule has 3 amide bonds. The van der Waals surface area contributed by atoms with Gasteiger partial charge in [-0.1, -0.05) is 78.0 Å². The van der Waals surface area contributed by atoms with Gasteiger partial charge in [-0.3, -0.25) is 9.59 Å². The summed E-state index contributed by atoms with van der Waals surface area (Å²) in [5, 5.41) is 16.7. The van der Waals surface area contributed by atoms with Crippen LogP contribution in [0.4, 0.5) is 4.79 Å². The molecule has 0 heterocycles. The second-order valence-electron chi connectivity index (χ2n) is 11.2. The minimum absolute atomic E-state index is 0.00492. The molecule has 0 fully saturated rings. The van der Waals surface area contributed by atoms with Crippen LogP contribution in [0.15, 0.2) is 18.2 Å². The first-order valence-corrected chi connectivity index (χ1v) is 14.2. The lowest BCUT2D eigenvalue weighted by atomic mass is 9.94. The van der Waals surface area contributed by atoms with E-state index in [1.54, 1.807) is 50.8 Å². The number of ether oxygens (including phenoxy) is 1. The number of alkyl carbamates (subject to hydrolysis) is 1. The van der Waals surface area contributed by atoms with E-state index in [0.717, 1.165) is 32.1 Å². The number of nitrogens with zero attached hydrogens (tertiary/aromatic N) is 1. The molecule has 0 radical (unpaired) electrons. The lowest BCUT2D eigenvalue weighted by molar-refractivity contribution is -0.143. The Morgan fingerprint density at radius 2 is 1.68 bits per heavy atom. The Bertz CT molecular complexity index is 896. The van der Waals surface area contributed by atoms with Gasteiger partial charge >= 0.3 is 6.09 Å². The Labute approximate surface area is 229 Å². The third kappa shape index (κ3) is 10.5. The number of amides is 3. The van der Waals surface area contributed by atoms with Crippen molar-refractivity contribution in [2.24, 2.45) is 5.92 Å². The van der Waals surface area contributed by atoms with Crippen molar-refractivity contribution >= 4 is 17.9 Å². The first-order chi connectivity index (χ1) is 17.9. The third-order valence-electron chi connectivity index (χ3n) is 6.64. The predicted molar refractivity (Wildman–Crippen MR) is 152 cm³/mol. The summed E-state index contributed by atoms with van der Waals surface area (Å²) in [4.78, 5) is 42.2. The van der Waals surface area contributed by atoms with Crippen LogP contribution < -0.4 is 10.6 Å². The Kier molecular flexibility index (Phi) is 14.2. The minimum atomic E-state index is -1.03. The van der Waals surface area contributed by atoms with Gasteiger partial charge in [0.1, 0.15) is 23.4 Å². The highest BCUT2D eigenvalue weighted by molar-refractivity contribution is 5.92. The minimum Gasteiger partial charge on any atom is -0.507 e. The van der Waals surface area contributed by atoms with E-state index < -0.39 is 23.8 Å². The number of hydrogen-bond acceptors (Lipinski definition) is 5. The van der Waals surface area contributed by atoms with Crippen LogP contribution in [0.25, 0.3) is 0 Å². The number of carbonyl (C=O) groups excluding carboxylic acids is 3. The van der Waals surface area contributed by atoms with Gasteiger partial charge in [0.05, 0.1) is 0 Å². The average Bonchev–Trinajstić information content (AvgIpc) is 2.84. The highest BCUT2D eigenvalue weighted by Gasteiger charge is 2.39. The van der Waals surface area contributed by atoms with Crippen molar-refractivity contribution in [1.29, 1.82) is 0 Å². The largest absolute Gasteiger partial charge is 0.507 e. The monoisotopic (exact) mass is 533 g/mol.